The topological polar surface area (TPSA) is 41.9 Å². The third kappa shape index (κ3) is 3.26. The number of thioether (sulfide) groups is 1. The molecule has 1 aromatic carbocycles. The lowest BCUT2D eigenvalue weighted by atomic mass is 10.2. The second-order valence-corrected chi connectivity index (χ2v) is 4.96. The fraction of sp³-hybridized carbons (Fsp3) is 0.385. The average Bonchev–Trinajstić information content (AvgIpc) is 2.41. The van der Waals surface area contributed by atoms with E-state index in [1.165, 1.54) is 11.8 Å². The van der Waals surface area contributed by atoms with Gasteiger partial charge in [-0.3, -0.25) is 4.79 Å². The van der Waals surface area contributed by atoms with Crippen molar-refractivity contribution < 1.29 is 9.63 Å². The molecule has 0 aromatic heterocycles. The van der Waals surface area contributed by atoms with Gasteiger partial charge in [0.25, 0.3) is 5.91 Å². The molecule has 0 atom stereocenters. The number of hydrogen-bond acceptors (Lipinski definition) is 4. The molecule has 1 heterocycles. The summed E-state index contributed by atoms with van der Waals surface area (Å²) in [5.74, 6) is 0.827. The molecule has 18 heavy (non-hydrogen) atoms. The first-order valence-electron chi connectivity index (χ1n) is 5.97. The normalized spacial score (nSPS) is 18.2. The van der Waals surface area contributed by atoms with E-state index in [2.05, 4.69) is 5.16 Å². The zero-order valence-electron chi connectivity index (χ0n) is 10.3. The van der Waals surface area contributed by atoms with Gasteiger partial charge in [-0.25, -0.2) is 0 Å². The Morgan fingerprint density at radius 3 is 2.89 bits per heavy atom. The zero-order valence-corrected chi connectivity index (χ0v) is 11.2. The third-order valence-corrected chi connectivity index (χ3v) is 3.47. The molecule has 96 valence electrons. The smallest absolute Gasteiger partial charge is 0.282 e. The highest BCUT2D eigenvalue weighted by Gasteiger charge is 2.26. The highest BCUT2D eigenvalue weighted by Crippen LogP contribution is 2.17. The van der Waals surface area contributed by atoms with E-state index >= 15 is 0 Å². The molecule has 0 radical (unpaired) electrons. The molecule has 0 unspecified atom stereocenters. The van der Waals surface area contributed by atoms with Crippen LogP contribution in [0.25, 0.3) is 0 Å². The molecule has 1 amide bonds. The second-order valence-electron chi connectivity index (χ2n) is 3.87. The highest BCUT2D eigenvalue weighted by molar-refractivity contribution is 8.15. The number of oxime groups is 1. The van der Waals surface area contributed by atoms with Gasteiger partial charge in [0.2, 0.25) is 5.04 Å². The van der Waals surface area contributed by atoms with Gasteiger partial charge in [0.1, 0.15) is 6.61 Å². The fourth-order valence-corrected chi connectivity index (χ4v) is 2.56. The maximum Gasteiger partial charge on any atom is 0.282 e. The van der Waals surface area contributed by atoms with Gasteiger partial charge in [0, 0.05) is 18.8 Å². The van der Waals surface area contributed by atoms with Gasteiger partial charge in [-0.1, -0.05) is 47.2 Å². The van der Waals surface area contributed by atoms with Gasteiger partial charge in [0.05, 0.1) is 0 Å². The van der Waals surface area contributed by atoms with E-state index in [1.807, 2.05) is 42.2 Å². The Bertz CT molecular complexity index is 434. The first-order valence-corrected chi connectivity index (χ1v) is 6.95. The number of amides is 1. The maximum atomic E-state index is 12.1. The summed E-state index contributed by atoms with van der Waals surface area (Å²) in [5.41, 5.74) is 1.13. The van der Waals surface area contributed by atoms with Crippen LogP contribution >= 0.6 is 11.8 Å². The number of rotatable bonds is 4. The molecule has 2 rings (SSSR count). The van der Waals surface area contributed by atoms with E-state index < -0.39 is 0 Å². The average molecular weight is 264 g/mol. The van der Waals surface area contributed by atoms with Crippen molar-refractivity contribution in [2.75, 3.05) is 18.9 Å². The van der Waals surface area contributed by atoms with Crippen molar-refractivity contribution in [1.82, 2.24) is 4.90 Å². The molecule has 1 fully saturated rings. The van der Waals surface area contributed by atoms with Crippen LogP contribution in [0.15, 0.2) is 35.5 Å². The summed E-state index contributed by atoms with van der Waals surface area (Å²) >= 11 is 1.46. The van der Waals surface area contributed by atoms with Crippen molar-refractivity contribution in [3.05, 3.63) is 35.9 Å². The summed E-state index contributed by atoms with van der Waals surface area (Å²) in [6, 6.07) is 9.98. The van der Waals surface area contributed by atoms with Crippen LogP contribution in [0.3, 0.4) is 0 Å². The van der Waals surface area contributed by atoms with Crippen molar-refractivity contribution in [2.45, 2.75) is 13.5 Å². The highest BCUT2D eigenvalue weighted by atomic mass is 32.2. The van der Waals surface area contributed by atoms with Gasteiger partial charge in [0.15, 0.2) is 0 Å². The van der Waals surface area contributed by atoms with Crippen LogP contribution < -0.4 is 0 Å². The SMILES string of the molecule is CCON=C1SCCN(Cc2ccccc2)C1=O. The quantitative estimate of drug-likeness (QED) is 0.782. The Kier molecular flexibility index (Phi) is 4.64. The first kappa shape index (κ1) is 13.0. The van der Waals surface area contributed by atoms with Crippen LogP contribution in [0.2, 0.25) is 0 Å². The number of carbonyl (C=O) groups is 1. The predicted molar refractivity (Wildman–Crippen MR) is 73.4 cm³/mol. The van der Waals surface area contributed by atoms with Gasteiger partial charge < -0.3 is 9.74 Å². The Balaban J connectivity index is 2.03. The van der Waals surface area contributed by atoms with Gasteiger partial charge >= 0.3 is 0 Å². The Hall–Kier alpha value is -1.49. The lowest BCUT2D eigenvalue weighted by Gasteiger charge is -2.26. The number of nitrogens with zero attached hydrogens (tertiary/aromatic N) is 2. The molecule has 1 aliphatic heterocycles. The minimum atomic E-state index is -0.0384. The van der Waals surface area contributed by atoms with E-state index in [4.69, 9.17) is 4.84 Å². The molecule has 5 heteroatoms. The molecule has 0 saturated carbocycles. The number of hydrogen-bond donors (Lipinski definition) is 0. The largest absolute Gasteiger partial charge is 0.395 e. The molecule has 0 aliphatic carbocycles. The molecule has 4 nitrogen and oxygen atoms in total. The van der Waals surface area contributed by atoms with Crippen LogP contribution in [0.1, 0.15) is 12.5 Å². The number of carbonyl (C=O) groups excluding carboxylic acids is 1. The summed E-state index contributed by atoms with van der Waals surface area (Å²) in [6.45, 7) is 3.72. The van der Waals surface area contributed by atoms with Crippen molar-refractivity contribution in [1.29, 1.82) is 0 Å². The van der Waals surface area contributed by atoms with Gasteiger partial charge in [-0.15, -0.1) is 0 Å². The lowest BCUT2D eigenvalue weighted by Crippen LogP contribution is -2.40. The van der Waals surface area contributed by atoms with E-state index in [0.29, 0.717) is 18.2 Å². The molecule has 1 saturated heterocycles. The lowest BCUT2D eigenvalue weighted by molar-refractivity contribution is -0.124. The molecular formula is C13H16N2O2S. The Morgan fingerprint density at radius 2 is 2.17 bits per heavy atom. The van der Waals surface area contributed by atoms with Crippen LogP contribution in [-0.4, -0.2) is 34.8 Å². The third-order valence-electron chi connectivity index (χ3n) is 2.56. The van der Waals surface area contributed by atoms with Crippen molar-refractivity contribution in [2.24, 2.45) is 5.16 Å². The van der Waals surface area contributed by atoms with Crippen LogP contribution in [0.4, 0.5) is 0 Å². The molecule has 0 bridgehead atoms. The monoisotopic (exact) mass is 264 g/mol. The maximum absolute atomic E-state index is 12.1. The first-order chi connectivity index (χ1) is 8.81. The van der Waals surface area contributed by atoms with E-state index in [-0.39, 0.29) is 5.91 Å². The minimum absolute atomic E-state index is 0.0384. The Morgan fingerprint density at radius 1 is 1.39 bits per heavy atom. The molecule has 1 aromatic rings. The molecule has 0 spiro atoms. The van der Waals surface area contributed by atoms with Crippen molar-refractivity contribution in [3.63, 3.8) is 0 Å². The van der Waals surface area contributed by atoms with E-state index in [1.54, 1.807) is 0 Å². The van der Waals surface area contributed by atoms with E-state index in [0.717, 1.165) is 17.9 Å². The van der Waals surface area contributed by atoms with Crippen molar-refractivity contribution >= 4 is 22.7 Å². The summed E-state index contributed by atoms with van der Waals surface area (Å²) in [5, 5.41) is 4.32. The van der Waals surface area contributed by atoms with Gasteiger partial charge in [-0.2, -0.15) is 0 Å². The van der Waals surface area contributed by atoms with Crippen LogP contribution in [0, 0.1) is 0 Å². The van der Waals surface area contributed by atoms with Gasteiger partial charge in [-0.05, 0) is 12.5 Å². The Labute approximate surface area is 111 Å². The van der Waals surface area contributed by atoms with Crippen LogP contribution in [-0.2, 0) is 16.2 Å². The predicted octanol–water partition coefficient (Wildman–Crippen LogP) is 2.11. The number of benzene rings is 1. The fourth-order valence-electron chi connectivity index (χ4n) is 1.69. The molecule has 1 aliphatic rings. The molecule has 0 N–H and O–H groups in total. The summed E-state index contributed by atoms with van der Waals surface area (Å²) < 4.78 is 0. The van der Waals surface area contributed by atoms with E-state index in [9.17, 15) is 4.79 Å². The van der Waals surface area contributed by atoms with Crippen LogP contribution in [0.5, 0.6) is 0 Å². The summed E-state index contributed by atoms with van der Waals surface area (Å²) in [4.78, 5) is 18.9. The second kappa shape index (κ2) is 6.44. The zero-order chi connectivity index (χ0) is 12.8. The standard InChI is InChI=1S/C13H16N2O2S/c1-2-17-14-12-13(16)15(8-9-18-12)10-11-6-4-3-5-7-11/h3-7H,2,8-10H2,1H3. The molecular weight excluding hydrogens is 248 g/mol. The minimum Gasteiger partial charge on any atom is -0.395 e. The summed E-state index contributed by atoms with van der Waals surface area (Å²) in [7, 11) is 0. The summed E-state index contributed by atoms with van der Waals surface area (Å²) in [6.07, 6.45) is 0. The van der Waals surface area contributed by atoms with Crippen molar-refractivity contribution in [3.8, 4) is 0 Å².